The maximum absolute atomic E-state index is 5.81. The first-order valence-corrected chi connectivity index (χ1v) is 3.65. The Balaban J connectivity index is 0.000000605. The second-order valence-electron chi connectivity index (χ2n) is 2.77. The fourth-order valence-corrected chi connectivity index (χ4v) is 1.49. The minimum Gasteiger partial charge on any atom is -0.348 e. The summed E-state index contributed by atoms with van der Waals surface area (Å²) >= 11 is 0. The first-order chi connectivity index (χ1) is 4.88. The number of nitrogens with two attached hydrogens (primary N) is 1. The van der Waals surface area contributed by atoms with E-state index in [0.29, 0.717) is 0 Å². The molecule has 1 atom stereocenters. The van der Waals surface area contributed by atoms with Crippen molar-refractivity contribution in [3.8, 4) is 0 Å². The third kappa shape index (κ3) is 1.91. The molecule has 0 fully saturated rings. The van der Waals surface area contributed by atoms with Crippen molar-refractivity contribution >= 4 is 24.8 Å². The minimum atomic E-state index is 0. The highest BCUT2D eigenvalue weighted by Gasteiger charge is 2.18. The molecule has 3 nitrogen and oxygen atoms in total. The molecule has 2 rings (SSSR count). The van der Waals surface area contributed by atoms with Crippen molar-refractivity contribution in [2.24, 2.45) is 5.73 Å². The Labute approximate surface area is 84.0 Å². The highest BCUT2D eigenvalue weighted by atomic mass is 35.5. The van der Waals surface area contributed by atoms with Gasteiger partial charge in [-0.05, 0) is 19.3 Å². The number of H-pyrrole nitrogens is 1. The molecule has 3 N–H and O–H groups in total. The Morgan fingerprint density at radius 2 is 2.25 bits per heavy atom. The number of rotatable bonds is 0. The molecule has 70 valence electrons. The number of fused-ring (bicyclic) bond motifs is 1. The van der Waals surface area contributed by atoms with Crippen LogP contribution in [-0.4, -0.2) is 9.97 Å². The molecule has 1 aromatic rings. The van der Waals surface area contributed by atoms with Crippen LogP contribution in [-0.2, 0) is 6.42 Å². The van der Waals surface area contributed by atoms with Crippen LogP contribution in [0.15, 0.2) is 6.33 Å². The molecular formula is C7H13Cl2N3. The standard InChI is InChI=1S/C7H11N3.2ClH/c8-5-2-1-3-6-7(5)10-4-9-6;;/h4-5H,1-3,8H2,(H,9,10);2*1H. The zero-order valence-corrected chi connectivity index (χ0v) is 8.25. The number of aromatic amines is 1. The van der Waals surface area contributed by atoms with Gasteiger partial charge in [0.15, 0.2) is 0 Å². The van der Waals surface area contributed by atoms with Gasteiger partial charge < -0.3 is 10.7 Å². The van der Waals surface area contributed by atoms with Gasteiger partial charge in [-0.2, -0.15) is 0 Å². The summed E-state index contributed by atoms with van der Waals surface area (Å²) in [5.74, 6) is 0. The predicted molar refractivity (Wildman–Crippen MR) is 53.0 cm³/mol. The van der Waals surface area contributed by atoms with Crippen LogP contribution in [0.1, 0.15) is 30.3 Å². The Hall–Kier alpha value is -0.250. The first kappa shape index (κ1) is 11.8. The monoisotopic (exact) mass is 209 g/mol. The lowest BCUT2D eigenvalue weighted by atomic mass is 9.97. The van der Waals surface area contributed by atoms with Crippen LogP contribution in [0.2, 0.25) is 0 Å². The van der Waals surface area contributed by atoms with Crippen molar-refractivity contribution in [1.82, 2.24) is 9.97 Å². The van der Waals surface area contributed by atoms with Crippen LogP contribution < -0.4 is 5.73 Å². The van der Waals surface area contributed by atoms with Gasteiger partial charge in [0.1, 0.15) is 0 Å². The molecule has 0 radical (unpaired) electrons. The highest BCUT2D eigenvalue weighted by molar-refractivity contribution is 5.85. The SMILES string of the molecule is Cl.Cl.NC1CCCc2[nH]cnc21. The van der Waals surface area contributed by atoms with Crippen molar-refractivity contribution in [3.05, 3.63) is 17.7 Å². The summed E-state index contributed by atoms with van der Waals surface area (Å²) in [6.45, 7) is 0. The van der Waals surface area contributed by atoms with Crippen molar-refractivity contribution in [1.29, 1.82) is 0 Å². The second kappa shape index (κ2) is 4.70. The number of hydrogen-bond acceptors (Lipinski definition) is 2. The van der Waals surface area contributed by atoms with E-state index in [1.54, 1.807) is 6.33 Å². The number of imidazole rings is 1. The number of nitrogens with zero attached hydrogens (tertiary/aromatic N) is 1. The molecular weight excluding hydrogens is 197 g/mol. The molecule has 1 unspecified atom stereocenters. The predicted octanol–water partition coefficient (Wildman–Crippen LogP) is 1.59. The van der Waals surface area contributed by atoms with E-state index in [0.717, 1.165) is 18.5 Å². The summed E-state index contributed by atoms with van der Waals surface area (Å²) in [6.07, 6.45) is 5.12. The molecule has 0 amide bonds. The molecule has 1 aromatic heterocycles. The lowest BCUT2D eigenvalue weighted by Crippen LogP contribution is -2.17. The zero-order valence-electron chi connectivity index (χ0n) is 6.62. The second-order valence-corrected chi connectivity index (χ2v) is 2.77. The van der Waals surface area contributed by atoms with E-state index in [4.69, 9.17) is 5.73 Å². The normalized spacial score (nSPS) is 20.2. The zero-order chi connectivity index (χ0) is 6.97. The van der Waals surface area contributed by atoms with Gasteiger partial charge in [0, 0.05) is 11.7 Å². The molecule has 0 spiro atoms. The average molecular weight is 210 g/mol. The van der Waals surface area contributed by atoms with Crippen molar-refractivity contribution in [2.75, 3.05) is 0 Å². The number of hydrogen-bond donors (Lipinski definition) is 2. The maximum atomic E-state index is 5.81. The molecule has 0 saturated heterocycles. The van der Waals surface area contributed by atoms with Crippen LogP contribution in [0, 0.1) is 0 Å². The Kier molecular flexibility index (Phi) is 4.60. The van der Waals surface area contributed by atoms with Crippen molar-refractivity contribution < 1.29 is 0 Å². The van der Waals surface area contributed by atoms with Crippen molar-refractivity contribution in [2.45, 2.75) is 25.3 Å². The molecule has 1 aliphatic carbocycles. The van der Waals surface area contributed by atoms with E-state index < -0.39 is 0 Å². The van der Waals surface area contributed by atoms with Gasteiger partial charge in [0.2, 0.25) is 0 Å². The van der Waals surface area contributed by atoms with Crippen molar-refractivity contribution in [3.63, 3.8) is 0 Å². The quantitative estimate of drug-likeness (QED) is 0.683. The summed E-state index contributed by atoms with van der Waals surface area (Å²) in [6, 6.07) is 0.176. The highest BCUT2D eigenvalue weighted by Crippen LogP contribution is 2.23. The van der Waals surface area contributed by atoms with Gasteiger partial charge in [0.25, 0.3) is 0 Å². The largest absolute Gasteiger partial charge is 0.348 e. The van der Waals surface area contributed by atoms with E-state index in [-0.39, 0.29) is 30.9 Å². The number of aromatic nitrogens is 2. The first-order valence-electron chi connectivity index (χ1n) is 3.65. The molecule has 12 heavy (non-hydrogen) atoms. The maximum Gasteiger partial charge on any atom is 0.0925 e. The van der Waals surface area contributed by atoms with Crippen LogP contribution in [0.5, 0.6) is 0 Å². The van der Waals surface area contributed by atoms with Gasteiger partial charge in [-0.1, -0.05) is 0 Å². The summed E-state index contributed by atoms with van der Waals surface area (Å²) in [5, 5.41) is 0. The third-order valence-corrected chi connectivity index (χ3v) is 2.04. The number of aryl methyl sites for hydroxylation is 1. The molecule has 1 aliphatic rings. The van der Waals surface area contributed by atoms with Crippen LogP contribution in [0.3, 0.4) is 0 Å². The van der Waals surface area contributed by atoms with Crippen LogP contribution >= 0.6 is 24.8 Å². The Morgan fingerprint density at radius 1 is 1.50 bits per heavy atom. The fraction of sp³-hybridized carbons (Fsp3) is 0.571. The molecule has 5 heteroatoms. The summed E-state index contributed by atoms with van der Waals surface area (Å²) < 4.78 is 0. The molecule has 1 heterocycles. The Bertz CT molecular complexity index is 236. The smallest absolute Gasteiger partial charge is 0.0925 e. The summed E-state index contributed by atoms with van der Waals surface area (Å²) in [4.78, 5) is 7.25. The van der Waals surface area contributed by atoms with E-state index in [9.17, 15) is 0 Å². The van der Waals surface area contributed by atoms with E-state index in [2.05, 4.69) is 9.97 Å². The van der Waals surface area contributed by atoms with Gasteiger partial charge >= 0.3 is 0 Å². The molecule has 0 saturated carbocycles. The number of halogens is 2. The third-order valence-electron chi connectivity index (χ3n) is 2.04. The summed E-state index contributed by atoms with van der Waals surface area (Å²) in [5.41, 5.74) is 8.12. The van der Waals surface area contributed by atoms with Crippen LogP contribution in [0.25, 0.3) is 0 Å². The molecule has 0 aliphatic heterocycles. The van der Waals surface area contributed by atoms with Gasteiger partial charge in [-0.15, -0.1) is 24.8 Å². The van der Waals surface area contributed by atoms with E-state index in [1.165, 1.54) is 12.1 Å². The average Bonchev–Trinajstić information content (AvgIpc) is 2.36. The molecule has 0 bridgehead atoms. The minimum absolute atomic E-state index is 0. The van der Waals surface area contributed by atoms with Crippen LogP contribution in [0.4, 0.5) is 0 Å². The number of nitrogens with one attached hydrogen (secondary N) is 1. The van der Waals surface area contributed by atoms with E-state index >= 15 is 0 Å². The fourth-order valence-electron chi connectivity index (χ4n) is 1.49. The Morgan fingerprint density at radius 3 is 2.92 bits per heavy atom. The molecule has 0 aromatic carbocycles. The topological polar surface area (TPSA) is 54.7 Å². The lowest BCUT2D eigenvalue weighted by molar-refractivity contribution is 0.555. The van der Waals surface area contributed by atoms with Gasteiger partial charge in [-0.3, -0.25) is 0 Å². The van der Waals surface area contributed by atoms with E-state index in [1.807, 2.05) is 0 Å². The lowest BCUT2D eigenvalue weighted by Gasteiger charge is -2.15. The van der Waals surface area contributed by atoms with Gasteiger partial charge in [0.05, 0.1) is 12.0 Å². The van der Waals surface area contributed by atoms with Gasteiger partial charge in [-0.25, -0.2) is 4.98 Å². The summed E-state index contributed by atoms with van der Waals surface area (Å²) in [7, 11) is 0.